The van der Waals surface area contributed by atoms with Crippen LogP contribution in [0.3, 0.4) is 0 Å². The molecule has 0 amide bonds. The van der Waals surface area contributed by atoms with Gasteiger partial charge in [-0.05, 0) is 47.7 Å². The Labute approximate surface area is 131 Å². The van der Waals surface area contributed by atoms with Crippen molar-refractivity contribution in [3.05, 3.63) is 65.5 Å². The Hall–Kier alpha value is -1.72. The molecule has 0 unspecified atom stereocenters. The zero-order valence-corrected chi connectivity index (χ0v) is 13.5. The summed E-state index contributed by atoms with van der Waals surface area (Å²) in [5, 5.41) is 0. The van der Waals surface area contributed by atoms with E-state index in [0.717, 1.165) is 12.0 Å². The third-order valence-corrected chi connectivity index (χ3v) is 4.67. The second kappa shape index (κ2) is 7.03. The summed E-state index contributed by atoms with van der Waals surface area (Å²) in [4.78, 5) is 0.238. The van der Waals surface area contributed by atoms with Crippen LogP contribution in [0.25, 0.3) is 0 Å². The van der Waals surface area contributed by atoms with Crippen LogP contribution in [-0.4, -0.2) is 8.42 Å². The van der Waals surface area contributed by atoms with Crippen LogP contribution in [0.15, 0.2) is 53.4 Å². The van der Waals surface area contributed by atoms with Gasteiger partial charge in [-0.25, -0.2) is 17.5 Å². The summed E-state index contributed by atoms with van der Waals surface area (Å²) in [6.07, 6.45) is 0.920. The average molecular weight is 321 g/mol. The lowest BCUT2D eigenvalue weighted by Gasteiger charge is -2.09. The molecule has 0 saturated carbocycles. The summed E-state index contributed by atoms with van der Waals surface area (Å²) in [6, 6.07) is 12.6. The van der Waals surface area contributed by atoms with Gasteiger partial charge in [-0.2, -0.15) is 0 Å². The minimum absolute atomic E-state index is 0.135. The predicted octanol–water partition coefficient (Wildman–Crippen LogP) is 3.50. The quantitative estimate of drug-likeness (QED) is 0.885. The Balaban J connectivity index is 2.04. The molecule has 0 spiro atoms. The molecule has 1 N–H and O–H groups in total. The highest BCUT2D eigenvalue weighted by molar-refractivity contribution is 7.89. The molecule has 5 heteroatoms. The molecule has 0 fully saturated rings. The number of sulfonamides is 1. The first-order valence-electron chi connectivity index (χ1n) is 7.20. The normalized spacial score (nSPS) is 11.8. The zero-order chi connectivity index (χ0) is 16.2. The van der Waals surface area contributed by atoms with E-state index < -0.39 is 10.0 Å². The highest BCUT2D eigenvalue weighted by atomic mass is 32.2. The Kier molecular flexibility index (Phi) is 5.32. The van der Waals surface area contributed by atoms with Crippen molar-refractivity contribution in [1.82, 2.24) is 4.72 Å². The second-order valence-corrected chi connectivity index (χ2v) is 7.46. The molecule has 0 saturated heterocycles. The van der Waals surface area contributed by atoms with Gasteiger partial charge in [-0.3, -0.25) is 0 Å². The molecule has 22 heavy (non-hydrogen) atoms. The van der Waals surface area contributed by atoms with E-state index in [1.165, 1.54) is 12.1 Å². The maximum Gasteiger partial charge on any atom is 0.240 e. The molecule has 2 rings (SSSR count). The van der Waals surface area contributed by atoms with Gasteiger partial charge >= 0.3 is 0 Å². The summed E-state index contributed by atoms with van der Waals surface area (Å²) < 4.78 is 39.8. The van der Waals surface area contributed by atoms with Crippen LogP contribution in [-0.2, 0) is 23.0 Å². The standard InChI is InChI=1S/C17H20FNO2S/c1-13(2)11-14-5-9-17(10-6-14)22(20,21)19-12-15-3-7-16(18)8-4-15/h3-10,13,19H,11-12H2,1-2H3. The van der Waals surface area contributed by atoms with Crippen LogP contribution >= 0.6 is 0 Å². The van der Waals surface area contributed by atoms with Crippen molar-refractivity contribution in [2.75, 3.05) is 0 Å². The van der Waals surface area contributed by atoms with Crippen molar-refractivity contribution >= 4 is 10.0 Å². The third-order valence-electron chi connectivity index (χ3n) is 3.26. The molecule has 0 aliphatic rings. The molecule has 0 atom stereocenters. The average Bonchev–Trinajstić information content (AvgIpc) is 2.47. The molecule has 118 valence electrons. The van der Waals surface area contributed by atoms with E-state index in [2.05, 4.69) is 18.6 Å². The van der Waals surface area contributed by atoms with Crippen molar-refractivity contribution in [2.24, 2.45) is 5.92 Å². The SMILES string of the molecule is CC(C)Cc1ccc(S(=O)(=O)NCc2ccc(F)cc2)cc1. The number of hydrogen-bond donors (Lipinski definition) is 1. The van der Waals surface area contributed by atoms with E-state index in [1.807, 2.05) is 12.1 Å². The molecule has 2 aromatic rings. The van der Waals surface area contributed by atoms with Crippen molar-refractivity contribution in [1.29, 1.82) is 0 Å². The van der Waals surface area contributed by atoms with Gasteiger partial charge in [0.1, 0.15) is 5.82 Å². The van der Waals surface area contributed by atoms with Gasteiger partial charge in [0, 0.05) is 6.54 Å². The fourth-order valence-electron chi connectivity index (χ4n) is 2.14. The largest absolute Gasteiger partial charge is 0.240 e. The van der Waals surface area contributed by atoms with Crippen molar-refractivity contribution in [2.45, 2.75) is 31.7 Å². The number of benzene rings is 2. The predicted molar refractivity (Wildman–Crippen MR) is 85.4 cm³/mol. The highest BCUT2D eigenvalue weighted by Gasteiger charge is 2.13. The van der Waals surface area contributed by atoms with Gasteiger partial charge in [0.05, 0.1) is 4.90 Å². The van der Waals surface area contributed by atoms with E-state index in [9.17, 15) is 12.8 Å². The van der Waals surface area contributed by atoms with Gasteiger partial charge in [0.15, 0.2) is 0 Å². The van der Waals surface area contributed by atoms with Crippen LogP contribution in [0.4, 0.5) is 4.39 Å². The molecule has 2 aromatic carbocycles. The van der Waals surface area contributed by atoms with E-state index >= 15 is 0 Å². The smallest absolute Gasteiger partial charge is 0.207 e. The summed E-state index contributed by atoms with van der Waals surface area (Å²) in [6.45, 7) is 4.38. The second-order valence-electron chi connectivity index (χ2n) is 5.69. The lowest BCUT2D eigenvalue weighted by molar-refractivity contribution is 0.581. The number of rotatable bonds is 6. The van der Waals surface area contributed by atoms with Gasteiger partial charge in [-0.15, -0.1) is 0 Å². The number of hydrogen-bond acceptors (Lipinski definition) is 2. The fourth-order valence-corrected chi connectivity index (χ4v) is 3.16. The molecule has 0 radical (unpaired) electrons. The molecule has 0 aliphatic heterocycles. The van der Waals surface area contributed by atoms with Crippen molar-refractivity contribution < 1.29 is 12.8 Å². The number of nitrogens with one attached hydrogen (secondary N) is 1. The van der Waals surface area contributed by atoms with E-state index in [-0.39, 0.29) is 17.3 Å². The molecule has 0 aliphatic carbocycles. The summed E-state index contributed by atoms with van der Waals surface area (Å²) in [5.74, 6) is 0.186. The van der Waals surface area contributed by atoms with Gasteiger partial charge in [0.25, 0.3) is 0 Å². The van der Waals surface area contributed by atoms with E-state index in [0.29, 0.717) is 11.5 Å². The lowest BCUT2D eigenvalue weighted by Crippen LogP contribution is -2.23. The van der Waals surface area contributed by atoms with Crippen LogP contribution in [0.1, 0.15) is 25.0 Å². The fraction of sp³-hybridized carbons (Fsp3) is 0.294. The first-order chi connectivity index (χ1) is 10.4. The Morgan fingerprint density at radius 3 is 2.05 bits per heavy atom. The molecule has 0 aromatic heterocycles. The third kappa shape index (κ3) is 4.64. The minimum atomic E-state index is -3.56. The monoisotopic (exact) mass is 321 g/mol. The zero-order valence-electron chi connectivity index (χ0n) is 12.7. The van der Waals surface area contributed by atoms with Gasteiger partial charge in [-0.1, -0.05) is 38.1 Å². The molecular formula is C17H20FNO2S. The van der Waals surface area contributed by atoms with Gasteiger partial charge in [0.2, 0.25) is 10.0 Å². The van der Waals surface area contributed by atoms with E-state index in [4.69, 9.17) is 0 Å². The lowest BCUT2D eigenvalue weighted by atomic mass is 10.0. The Bertz CT molecular complexity index is 707. The first-order valence-corrected chi connectivity index (χ1v) is 8.68. The Morgan fingerprint density at radius 1 is 0.955 bits per heavy atom. The minimum Gasteiger partial charge on any atom is -0.207 e. The maximum absolute atomic E-state index is 12.8. The van der Waals surface area contributed by atoms with E-state index in [1.54, 1.807) is 24.3 Å². The van der Waals surface area contributed by atoms with Crippen LogP contribution in [0.5, 0.6) is 0 Å². The molecule has 0 bridgehead atoms. The molecule has 0 heterocycles. The van der Waals surface area contributed by atoms with Crippen LogP contribution in [0.2, 0.25) is 0 Å². The summed E-state index contributed by atoms with van der Waals surface area (Å²) in [5.41, 5.74) is 1.83. The molecule has 3 nitrogen and oxygen atoms in total. The van der Waals surface area contributed by atoms with Crippen LogP contribution in [0, 0.1) is 11.7 Å². The summed E-state index contributed by atoms with van der Waals surface area (Å²) >= 11 is 0. The topological polar surface area (TPSA) is 46.2 Å². The number of halogens is 1. The van der Waals surface area contributed by atoms with Crippen molar-refractivity contribution in [3.63, 3.8) is 0 Å². The highest BCUT2D eigenvalue weighted by Crippen LogP contribution is 2.14. The molecular weight excluding hydrogens is 301 g/mol. The Morgan fingerprint density at radius 2 is 1.50 bits per heavy atom. The summed E-state index contributed by atoms with van der Waals surface area (Å²) in [7, 11) is -3.56. The van der Waals surface area contributed by atoms with Gasteiger partial charge < -0.3 is 0 Å². The maximum atomic E-state index is 12.8. The first kappa shape index (κ1) is 16.6. The van der Waals surface area contributed by atoms with Crippen molar-refractivity contribution in [3.8, 4) is 0 Å². The van der Waals surface area contributed by atoms with Crippen LogP contribution < -0.4 is 4.72 Å².